The topological polar surface area (TPSA) is 24.5 Å². The van der Waals surface area contributed by atoms with Gasteiger partial charge in [-0.3, -0.25) is 4.90 Å². The van der Waals surface area contributed by atoms with Crippen molar-refractivity contribution in [2.75, 3.05) is 19.6 Å². The Morgan fingerprint density at radius 2 is 1.84 bits per heavy atom. The third-order valence-corrected chi connectivity index (χ3v) is 5.35. The monoisotopic (exact) mass is 266 g/mol. The van der Waals surface area contributed by atoms with Gasteiger partial charge in [-0.05, 0) is 57.9 Å². The van der Waals surface area contributed by atoms with Gasteiger partial charge in [0.1, 0.15) is 0 Å². The average Bonchev–Trinajstić information content (AvgIpc) is 3.13. The van der Waals surface area contributed by atoms with Gasteiger partial charge >= 0.3 is 0 Å². The van der Waals surface area contributed by atoms with Gasteiger partial charge in [-0.25, -0.2) is 0 Å². The predicted molar refractivity (Wildman–Crippen MR) is 78.4 cm³/mol. The highest BCUT2D eigenvalue weighted by atomic mass is 16.5. The second-order valence-corrected chi connectivity index (χ2v) is 7.00. The van der Waals surface area contributed by atoms with Crippen LogP contribution in [0.1, 0.15) is 52.4 Å². The summed E-state index contributed by atoms with van der Waals surface area (Å²) in [6.45, 7) is 8.30. The number of hydrogen-bond donors (Lipinski definition) is 1. The summed E-state index contributed by atoms with van der Waals surface area (Å²) < 4.78 is 6.22. The van der Waals surface area contributed by atoms with E-state index in [1.165, 1.54) is 45.1 Å². The Bertz CT molecular complexity index is 292. The van der Waals surface area contributed by atoms with E-state index in [2.05, 4.69) is 24.1 Å². The third kappa shape index (κ3) is 3.71. The molecule has 0 aromatic rings. The van der Waals surface area contributed by atoms with Crippen molar-refractivity contribution in [2.45, 2.75) is 76.7 Å². The molecule has 4 atom stereocenters. The van der Waals surface area contributed by atoms with Gasteiger partial charge in [0.05, 0.1) is 12.2 Å². The zero-order valence-electron chi connectivity index (χ0n) is 12.6. The highest BCUT2D eigenvalue weighted by molar-refractivity contribution is 4.86. The smallest absolute Gasteiger partial charge is 0.0707 e. The molecule has 2 heterocycles. The molecule has 3 fully saturated rings. The minimum Gasteiger partial charge on any atom is -0.372 e. The molecule has 0 radical (unpaired) electrons. The first-order valence-corrected chi connectivity index (χ1v) is 8.35. The van der Waals surface area contributed by atoms with E-state index in [9.17, 15) is 0 Å². The second-order valence-electron chi connectivity index (χ2n) is 7.00. The first-order valence-electron chi connectivity index (χ1n) is 8.35. The number of rotatable bonds is 5. The zero-order chi connectivity index (χ0) is 13.2. The zero-order valence-corrected chi connectivity index (χ0v) is 12.6. The SMILES string of the molecule is CC1CCCN(CC2CCC(CNC3CC3)O2)C1C. The van der Waals surface area contributed by atoms with Crippen LogP contribution < -0.4 is 5.32 Å². The number of ether oxygens (including phenoxy) is 1. The van der Waals surface area contributed by atoms with Gasteiger partial charge in [0.15, 0.2) is 0 Å². The molecule has 1 aliphatic carbocycles. The molecule has 19 heavy (non-hydrogen) atoms. The standard InChI is InChI=1S/C16H30N2O/c1-12-4-3-9-18(13(12)2)11-16-8-7-15(19-16)10-17-14-5-6-14/h12-17H,3-11H2,1-2H3. The Morgan fingerprint density at radius 3 is 2.63 bits per heavy atom. The summed E-state index contributed by atoms with van der Waals surface area (Å²) in [5, 5.41) is 3.60. The summed E-state index contributed by atoms with van der Waals surface area (Å²) in [4.78, 5) is 2.66. The van der Waals surface area contributed by atoms with E-state index in [0.717, 1.165) is 31.1 Å². The van der Waals surface area contributed by atoms with Gasteiger partial charge < -0.3 is 10.1 Å². The first kappa shape index (κ1) is 13.8. The fourth-order valence-corrected chi connectivity index (χ4v) is 3.59. The van der Waals surface area contributed by atoms with E-state index in [0.29, 0.717) is 12.2 Å². The van der Waals surface area contributed by atoms with Crippen molar-refractivity contribution < 1.29 is 4.74 Å². The molecule has 4 unspecified atom stereocenters. The van der Waals surface area contributed by atoms with E-state index in [4.69, 9.17) is 4.74 Å². The lowest BCUT2D eigenvalue weighted by Gasteiger charge is -2.39. The normalized spacial score (nSPS) is 40.7. The molecule has 3 rings (SSSR count). The molecule has 2 saturated heterocycles. The van der Waals surface area contributed by atoms with Gasteiger partial charge in [0.25, 0.3) is 0 Å². The quantitative estimate of drug-likeness (QED) is 0.827. The highest BCUT2D eigenvalue weighted by Gasteiger charge is 2.32. The van der Waals surface area contributed by atoms with Crippen molar-refractivity contribution in [2.24, 2.45) is 5.92 Å². The molecule has 3 heteroatoms. The molecule has 2 aliphatic heterocycles. The fourth-order valence-electron chi connectivity index (χ4n) is 3.59. The molecule has 0 spiro atoms. The minimum atomic E-state index is 0.475. The van der Waals surface area contributed by atoms with Crippen LogP contribution in [-0.4, -0.2) is 48.8 Å². The van der Waals surface area contributed by atoms with Crippen LogP contribution in [0.5, 0.6) is 0 Å². The van der Waals surface area contributed by atoms with Crippen LogP contribution in [0.25, 0.3) is 0 Å². The molecular weight excluding hydrogens is 236 g/mol. The van der Waals surface area contributed by atoms with E-state index in [-0.39, 0.29) is 0 Å². The van der Waals surface area contributed by atoms with Crippen molar-refractivity contribution in [3.8, 4) is 0 Å². The molecule has 0 aromatic heterocycles. The summed E-state index contributed by atoms with van der Waals surface area (Å²) >= 11 is 0. The summed E-state index contributed by atoms with van der Waals surface area (Å²) in [5.74, 6) is 0.850. The predicted octanol–water partition coefficient (Wildman–Crippen LogP) is 2.41. The van der Waals surface area contributed by atoms with Gasteiger partial charge in [-0.1, -0.05) is 6.92 Å². The van der Waals surface area contributed by atoms with E-state index < -0.39 is 0 Å². The van der Waals surface area contributed by atoms with Gasteiger partial charge in [-0.15, -0.1) is 0 Å². The van der Waals surface area contributed by atoms with Crippen molar-refractivity contribution >= 4 is 0 Å². The molecule has 0 amide bonds. The van der Waals surface area contributed by atoms with Crippen LogP contribution in [0.2, 0.25) is 0 Å². The molecule has 3 nitrogen and oxygen atoms in total. The van der Waals surface area contributed by atoms with Crippen molar-refractivity contribution in [1.29, 1.82) is 0 Å². The minimum absolute atomic E-state index is 0.475. The van der Waals surface area contributed by atoms with E-state index in [1.54, 1.807) is 0 Å². The number of hydrogen-bond acceptors (Lipinski definition) is 3. The largest absolute Gasteiger partial charge is 0.372 e. The Hall–Kier alpha value is -0.120. The lowest BCUT2D eigenvalue weighted by molar-refractivity contribution is 0.00141. The maximum atomic E-state index is 6.22. The van der Waals surface area contributed by atoms with Gasteiger partial charge in [-0.2, -0.15) is 0 Å². The molecule has 110 valence electrons. The van der Waals surface area contributed by atoms with Crippen molar-refractivity contribution in [3.05, 3.63) is 0 Å². The Labute approximate surface area is 118 Å². The fraction of sp³-hybridized carbons (Fsp3) is 1.00. The number of nitrogens with zero attached hydrogens (tertiary/aromatic N) is 1. The summed E-state index contributed by atoms with van der Waals surface area (Å²) in [7, 11) is 0. The molecule has 0 aromatic carbocycles. The van der Waals surface area contributed by atoms with Crippen molar-refractivity contribution in [1.82, 2.24) is 10.2 Å². The summed E-state index contributed by atoms with van der Waals surface area (Å²) in [6.07, 6.45) is 8.99. The molecule has 1 N–H and O–H groups in total. The second kappa shape index (κ2) is 6.11. The molecule has 0 bridgehead atoms. The maximum absolute atomic E-state index is 6.22. The first-order chi connectivity index (χ1) is 9.22. The molecular formula is C16H30N2O. The van der Waals surface area contributed by atoms with Crippen LogP contribution in [0.15, 0.2) is 0 Å². The number of nitrogens with one attached hydrogen (secondary N) is 1. The average molecular weight is 266 g/mol. The Kier molecular flexibility index (Phi) is 4.45. The van der Waals surface area contributed by atoms with Crippen LogP contribution in [0.4, 0.5) is 0 Å². The highest BCUT2D eigenvalue weighted by Crippen LogP contribution is 2.27. The lowest BCUT2D eigenvalue weighted by atomic mass is 9.92. The van der Waals surface area contributed by atoms with E-state index >= 15 is 0 Å². The van der Waals surface area contributed by atoms with Crippen LogP contribution in [0.3, 0.4) is 0 Å². The van der Waals surface area contributed by atoms with Crippen LogP contribution in [-0.2, 0) is 4.74 Å². The molecule has 1 saturated carbocycles. The maximum Gasteiger partial charge on any atom is 0.0707 e. The Morgan fingerprint density at radius 1 is 1.05 bits per heavy atom. The van der Waals surface area contributed by atoms with E-state index in [1.807, 2.05) is 0 Å². The van der Waals surface area contributed by atoms with Crippen molar-refractivity contribution in [3.63, 3.8) is 0 Å². The molecule has 3 aliphatic rings. The van der Waals surface area contributed by atoms with Gasteiger partial charge in [0.2, 0.25) is 0 Å². The summed E-state index contributed by atoms with van der Waals surface area (Å²) in [5.41, 5.74) is 0. The third-order valence-electron chi connectivity index (χ3n) is 5.35. The Balaban J connectivity index is 1.40. The lowest BCUT2D eigenvalue weighted by Crippen LogP contribution is -2.46. The van der Waals surface area contributed by atoms with Gasteiger partial charge in [0, 0.05) is 25.2 Å². The summed E-state index contributed by atoms with van der Waals surface area (Å²) in [6, 6.07) is 1.55. The number of piperidine rings is 1. The number of likely N-dealkylation sites (tertiary alicyclic amines) is 1. The van der Waals surface area contributed by atoms with Crippen LogP contribution >= 0.6 is 0 Å². The van der Waals surface area contributed by atoms with Crippen LogP contribution in [0, 0.1) is 5.92 Å².